The number of aryl methyl sites for hydroxylation is 2. The molecular weight excluding hydrogens is 362 g/mol. The Morgan fingerprint density at radius 1 is 1.25 bits per heavy atom. The molecule has 0 aliphatic heterocycles. The predicted octanol–water partition coefficient (Wildman–Crippen LogP) is 1.14. The molecule has 10 nitrogen and oxygen atoms in total. The summed E-state index contributed by atoms with van der Waals surface area (Å²) in [4.78, 5) is 32.6. The van der Waals surface area contributed by atoms with Crippen LogP contribution in [0.2, 0.25) is 0 Å². The fourth-order valence-corrected chi connectivity index (χ4v) is 3.04. The summed E-state index contributed by atoms with van der Waals surface area (Å²) in [6.07, 6.45) is 0.393. The summed E-state index contributed by atoms with van der Waals surface area (Å²) < 4.78 is 6.47. The van der Waals surface area contributed by atoms with Crippen molar-refractivity contribution in [2.45, 2.75) is 53.5 Å². The number of fused-ring (bicyclic) bond motifs is 1. The van der Waals surface area contributed by atoms with Crippen LogP contribution in [0.25, 0.3) is 5.78 Å². The Labute approximate surface area is 164 Å². The molecule has 2 aromatic rings. The number of hydrogen-bond donors (Lipinski definition) is 3. The van der Waals surface area contributed by atoms with E-state index in [0.29, 0.717) is 30.5 Å². The van der Waals surface area contributed by atoms with E-state index in [4.69, 9.17) is 10.5 Å². The van der Waals surface area contributed by atoms with Gasteiger partial charge in [-0.1, -0.05) is 13.8 Å². The van der Waals surface area contributed by atoms with Gasteiger partial charge in [-0.15, -0.1) is 5.10 Å². The summed E-state index contributed by atoms with van der Waals surface area (Å²) in [5, 5.41) is 9.79. The molecule has 154 valence electrons. The van der Waals surface area contributed by atoms with Gasteiger partial charge in [0, 0.05) is 29.5 Å². The highest BCUT2D eigenvalue weighted by atomic mass is 16.5. The zero-order valence-electron chi connectivity index (χ0n) is 17.1. The van der Waals surface area contributed by atoms with Crippen molar-refractivity contribution in [2.24, 2.45) is 5.92 Å². The number of amides is 2. The summed E-state index contributed by atoms with van der Waals surface area (Å²) in [5.41, 5.74) is 7.88. The van der Waals surface area contributed by atoms with Gasteiger partial charge in [0.1, 0.15) is 0 Å². The van der Waals surface area contributed by atoms with E-state index in [1.807, 2.05) is 13.8 Å². The highest BCUT2D eigenvalue weighted by Crippen LogP contribution is 2.15. The number of carbonyl (C=O) groups excluding carboxylic acids is 2. The molecule has 4 N–H and O–H groups in total. The SMILES string of the molecule is CCOC(=O)NC(CNC(=O)Cc1c(C)nc2nc(N)nn2c1C)CC(C)C. The molecule has 0 saturated heterocycles. The smallest absolute Gasteiger partial charge is 0.407 e. The van der Waals surface area contributed by atoms with E-state index < -0.39 is 6.09 Å². The van der Waals surface area contributed by atoms with Gasteiger partial charge in [-0.25, -0.2) is 9.78 Å². The number of rotatable bonds is 8. The minimum atomic E-state index is -0.479. The summed E-state index contributed by atoms with van der Waals surface area (Å²) >= 11 is 0. The molecule has 0 fully saturated rings. The van der Waals surface area contributed by atoms with E-state index >= 15 is 0 Å². The Hall–Kier alpha value is -2.91. The van der Waals surface area contributed by atoms with Crippen molar-refractivity contribution >= 4 is 23.7 Å². The summed E-state index contributed by atoms with van der Waals surface area (Å²) in [5.74, 6) is 0.739. The second-order valence-electron chi connectivity index (χ2n) is 7.12. The molecule has 0 aromatic carbocycles. The molecule has 2 heterocycles. The molecule has 0 radical (unpaired) electrons. The summed E-state index contributed by atoms with van der Waals surface area (Å²) in [7, 11) is 0. The maximum atomic E-state index is 12.5. The second kappa shape index (κ2) is 9.34. The quantitative estimate of drug-likeness (QED) is 0.614. The fraction of sp³-hybridized carbons (Fsp3) is 0.611. The molecular formula is C18H29N7O3. The zero-order valence-corrected chi connectivity index (χ0v) is 17.1. The fourth-order valence-electron chi connectivity index (χ4n) is 3.04. The van der Waals surface area contributed by atoms with E-state index in [-0.39, 0.29) is 24.3 Å². The first kappa shape index (κ1) is 21.4. The average Bonchev–Trinajstić information content (AvgIpc) is 2.96. The van der Waals surface area contributed by atoms with Crippen LogP contribution < -0.4 is 16.4 Å². The van der Waals surface area contributed by atoms with Gasteiger partial charge in [0.2, 0.25) is 11.9 Å². The summed E-state index contributed by atoms with van der Waals surface area (Å²) in [6, 6.07) is -0.207. The Morgan fingerprint density at radius 3 is 2.61 bits per heavy atom. The van der Waals surface area contributed by atoms with Gasteiger partial charge in [-0.3, -0.25) is 4.79 Å². The molecule has 0 aliphatic rings. The zero-order chi connectivity index (χ0) is 20.8. The van der Waals surface area contributed by atoms with Gasteiger partial charge >= 0.3 is 6.09 Å². The van der Waals surface area contributed by atoms with E-state index in [2.05, 4.69) is 39.5 Å². The molecule has 1 unspecified atom stereocenters. The molecule has 0 aliphatic carbocycles. The Balaban J connectivity index is 2.04. The maximum Gasteiger partial charge on any atom is 0.407 e. The van der Waals surface area contributed by atoms with Gasteiger partial charge in [-0.2, -0.15) is 9.50 Å². The standard InChI is InChI=1S/C18H29N7O3/c1-6-28-18(27)22-13(7-10(2)3)9-20-15(26)8-14-11(4)21-17-23-16(19)24-25(17)12(14)5/h10,13H,6-9H2,1-5H3,(H2,19,24)(H,20,26)(H,22,27). The summed E-state index contributed by atoms with van der Waals surface area (Å²) in [6.45, 7) is 10.1. The number of nitrogen functional groups attached to an aromatic ring is 1. The van der Waals surface area contributed by atoms with Crippen LogP contribution in [-0.2, 0) is 16.0 Å². The van der Waals surface area contributed by atoms with Crippen LogP contribution in [-0.4, -0.2) is 50.8 Å². The molecule has 2 aromatic heterocycles. The van der Waals surface area contributed by atoms with Gasteiger partial charge in [-0.05, 0) is 33.1 Å². The Kier molecular flexibility index (Phi) is 7.13. The Bertz CT molecular complexity index is 847. The normalized spacial score (nSPS) is 12.2. The van der Waals surface area contributed by atoms with E-state index in [1.54, 1.807) is 6.92 Å². The highest BCUT2D eigenvalue weighted by molar-refractivity contribution is 5.79. The van der Waals surface area contributed by atoms with Crippen molar-refractivity contribution in [3.63, 3.8) is 0 Å². The first-order chi connectivity index (χ1) is 13.2. The van der Waals surface area contributed by atoms with Crippen molar-refractivity contribution < 1.29 is 14.3 Å². The number of anilines is 1. The average molecular weight is 391 g/mol. The number of nitrogens with zero attached hydrogens (tertiary/aromatic N) is 4. The molecule has 0 bridgehead atoms. The van der Waals surface area contributed by atoms with Crippen molar-refractivity contribution in [3.05, 3.63) is 17.0 Å². The third-order valence-electron chi connectivity index (χ3n) is 4.30. The minimum absolute atomic E-state index is 0.137. The van der Waals surface area contributed by atoms with Crippen LogP contribution in [0.1, 0.15) is 44.1 Å². The minimum Gasteiger partial charge on any atom is -0.450 e. The number of nitrogens with two attached hydrogens (primary N) is 1. The molecule has 10 heteroatoms. The predicted molar refractivity (Wildman–Crippen MR) is 105 cm³/mol. The Morgan fingerprint density at radius 2 is 1.96 bits per heavy atom. The number of nitrogens with one attached hydrogen (secondary N) is 2. The van der Waals surface area contributed by atoms with Crippen LogP contribution >= 0.6 is 0 Å². The first-order valence-electron chi connectivity index (χ1n) is 9.39. The van der Waals surface area contributed by atoms with Gasteiger partial charge in [0.15, 0.2) is 0 Å². The van der Waals surface area contributed by atoms with Gasteiger partial charge < -0.3 is 21.1 Å². The number of carbonyl (C=O) groups is 2. The van der Waals surface area contributed by atoms with Crippen molar-refractivity contribution in [1.82, 2.24) is 30.2 Å². The number of aromatic nitrogens is 4. The third-order valence-corrected chi connectivity index (χ3v) is 4.30. The third kappa shape index (κ3) is 5.54. The lowest BCUT2D eigenvalue weighted by Gasteiger charge is -2.21. The number of alkyl carbamates (subject to hydrolysis) is 1. The lowest BCUT2D eigenvalue weighted by molar-refractivity contribution is -0.120. The largest absolute Gasteiger partial charge is 0.450 e. The van der Waals surface area contributed by atoms with E-state index in [0.717, 1.165) is 17.7 Å². The number of hydrogen-bond acceptors (Lipinski definition) is 7. The monoisotopic (exact) mass is 391 g/mol. The van der Waals surface area contributed by atoms with Crippen LogP contribution in [0.15, 0.2) is 0 Å². The van der Waals surface area contributed by atoms with Crippen LogP contribution in [0.4, 0.5) is 10.7 Å². The van der Waals surface area contributed by atoms with E-state index in [9.17, 15) is 9.59 Å². The van der Waals surface area contributed by atoms with Crippen LogP contribution in [0, 0.1) is 19.8 Å². The first-order valence-corrected chi connectivity index (χ1v) is 9.39. The van der Waals surface area contributed by atoms with E-state index in [1.165, 1.54) is 4.52 Å². The van der Waals surface area contributed by atoms with Gasteiger partial charge in [0.25, 0.3) is 5.78 Å². The lowest BCUT2D eigenvalue weighted by atomic mass is 10.0. The second-order valence-corrected chi connectivity index (χ2v) is 7.12. The van der Waals surface area contributed by atoms with Crippen LogP contribution in [0.3, 0.4) is 0 Å². The lowest BCUT2D eigenvalue weighted by Crippen LogP contribution is -2.45. The highest BCUT2D eigenvalue weighted by Gasteiger charge is 2.18. The maximum absolute atomic E-state index is 12.5. The number of ether oxygens (including phenoxy) is 1. The van der Waals surface area contributed by atoms with Gasteiger partial charge in [0.05, 0.1) is 13.0 Å². The topological polar surface area (TPSA) is 137 Å². The molecule has 28 heavy (non-hydrogen) atoms. The molecule has 0 spiro atoms. The molecule has 2 amide bonds. The van der Waals surface area contributed by atoms with Crippen molar-refractivity contribution in [1.29, 1.82) is 0 Å². The molecule has 0 saturated carbocycles. The van der Waals surface area contributed by atoms with Crippen molar-refractivity contribution in [3.8, 4) is 0 Å². The molecule has 2 rings (SSSR count). The molecule has 1 atom stereocenters. The van der Waals surface area contributed by atoms with Crippen molar-refractivity contribution in [2.75, 3.05) is 18.9 Å². The van der Waals surface area contributed by atoms with Crippen LogP contribution in [0.5, 0.6) is 0 Å².